The van der Waals surface area contributed by atoms with Gasteiger partial charge in [0.1, 0.15) is 17.0 Å². The van der Waals surface area contributed by atoms with Crippen LogP contribution in [0.15, 0.2) is 76.0 Å². The lowest BCUT2D eigenvalue weighted by molar-refractivity contribution is 0.0951. The maximum atomic E-state index is 13.0. The highest BCUT2D eigenvalue weighted by molar-refractivity contribution is 7.90. The molecule has 1 amide bonds. The molecule has 0 saturated heterocycles. The Morgan fingerprint density at radius 2 is 1.61 bits per heavy atom. The molecule has 0 spiro atoms. The van der Waals surface area contributed by atoms with Crippen LogP contribution in [0.5, 0.6) is 0 Å². The summed E-state index contributed by atoms with van der Waals surface area (Å²) in [5.41, 5.74) is 12.0. The third kappa shape index (κ3) is 3.85. The lowest BCUT2D eigenvalue weighted by atomic mass is 9.97. The van der Waals surface area contributed by atoms with Crippen molar-refractivity contribution in [3.05, 3.63) is 89.1 Å². The van der Waals surface area contributed by atoms with Crippen LogP contribution in [0.25, 0.3) is 43.8 Å². The smallest absolute Gasteiger partial charge is 0.251 e. The minimum absolute atomic E-state index is 0.190. The van der Waals surface area contributed by atoms with Gasteiger partial charge < -0.3 is 15.5 Å². The Kier molecular flexibility index (Phi) is 5.39. The summed E-state index contributed by atoms with van der Waals surface area (Å²) in [6.45, 7) is 4.18. The number of amides is 1. The van der Waals surface area contributed by atoms with Gasteiger partial charge in [-0.15, -0.1) is 0 Å². The number of nitrogens with two attached hydrogens (primary N) is 1. The monoisotopic (exact) mass is 523 g/mol. The minimum Gasteiger partial charge on any atom is -0.455 e. The molecule has 0 radical (unpaired) electrons. The molecule has 0 aliphatic rings. The molecule has 2 bridgehead atoms. The molecule has 38 heavy (non-hydrogen) atoms. The van der Waals surface area contributed by atoms with Crippen LogP contribution in [0.3, 0.4) is 0 Å². The van der Waals surface area contributed by atoms with E-state index in [2.05, 4.69) is 10.3 Å². The van der Waals surface area contributed by atoms with Crippen molar-refractivity contribution in [2.75, 3.05) is 12.0 Å². The van der Waals surface area contributed by atoms with Crippen LogP contribution >= 0.6 is 0 Å². The van der Waals surface area contributed by atoms with E-state index in [9.17, 15) is 13.2 Å². The highest BCUT2D eigenvalue weighted by Gasteiger charge is 2.21. The van der Waals surface area contributed by atoms with E-state index in [-0.39, 0.29) is 10.8 Å². The number of aryl methyl sites for hydroxylation is 2. The molecule has 0 aliphatic carbocycles. The van der Waals surface area contributed by atoms with Crippen molar-refractivity contribution >= 4 is 54.3 Å². The van der Waals surface area contributed by atoms with Crippen LogP contribution in [-0.4, -0.2) is 25.6 Å². The van der Waals surface area contributed by atoms with Crippen molar-refractivity contribution in [3.8, 4) is 11.1 Å². The lowest BCUT2D eigenvalue weighted by Gasteiger charge is -2.12. The molecule has 3 aromatic carbocycles. The standard InChI is InChI=1S/C30H25N3O4S/c1-16-12-27(31)33-17(2)25(16)15-32-30(34)19-9-11-22-24(14-19)29-21-10-8-18(13-23(21)28(22)37-29)20-6-4-5-7-26(20)38(3,35)36/h4-14H,15H2,1-3H3,(H2,31,33)(H,32,34). The Labute approximate surface area is 219 Å². The summed E-state index contributed by atoms with van der Waals surface area (Å²) >= 11 is 0. The zero-order chi connectivity index (χ0) is 26.8. The fourth-order valence-corrected chi connectivity index (χ4v) is 6.15. The van der Waals surface area contributed by atoms with E-state index < -0.39 is 9.84 Å². The molecular formula is C30H25N3O4S. The third-order valence-electron chi connectivity index (χ3n) is 7.08. The van der Waals surface area contributed by atoms with Gasteiger partial charge in [-0.1, -0.05) is 24.3 Å². The number of hydrogen-bond acceptors (Lipinski definition) is 6. The second-order valence-corrected chi connectivity index (χ2v) is 11.6. The molecule has 7 nitrogen and oxygen atoms in total. The SMILES string of the molecule is Cc1cc(N)nc(C)c1CNC(=O)c1ccc2c(c1)c1oc2c2cc(-c3ccccc3S(C)(=O)=O)ccc21. The maximum absolute atomic E-state index is 13.0. The summed E-state index contributed by atoms with van der Waals surface area (Å²) in [6.07, 6.45) is 1.22. The third-order valence-corrected chi connectivity index (χ3v) is 8.24. The van der Waals surface area contributed by atoms with Crippen molar-refractivity contribution in [2.24, 2.45) is 0 Å². The van der Waals surface area contributed by atoms with Crippen LogP contribution < -0.4 is 11.1 Å². The van der Waals surface area contributed by atoms with Gasteiger partial charge in [0.25, 0.3) is 5.91 Å². The molecule has 0 saturated carbocycles. The van der Waals surface area contributed by atoms with Crippen molar-refractivity contribution in [1.82, 2.24) is 10.3 Å². The van der Waals surface area contributed by atoms with Gasteiger partial charge in [0, 0.05) is 51.2 Å². The number of carbonyl (C=O) groups is 1. The Hall–Kier alpha value is -4.43. The van der Waals surface area contributed by atoms with E-state index in [1.54, 1.807) is 24.3 Å². The number of anilines is 1. The van der Waals surface area contributed by atoms with Crippen molar-refractivity contribution < 1.29 is 17.6 Å². The summed E-state index contributed by atoms with van der Waals surface area (Å²) in [4.78, 5) is 17.6. The number of nitrogens with zero attached hydrogens (tertiary/aromatic N) is 1. The van der Waals surface area contributed by atoms with E-state index in [0.717, 1.165) is 49.5 Å². The van der Waals surface area contributed by atoms with Gasteiger partial charge in [-0.2, -0.15) is 0 Å². The molecular weight excluding hydrogens is 498 g/mol. The number of nitrogen functional groups attached to an aromatic ring is 1. The van der Waals surface area contributed by atoms with Crippen LogP contribution in [0, 0.1) is 13.8 Å². The normalized spacial score (nSPS) is 12.1. The summed E-state index contributed by atoms with van der Waals surface area (Å²) in [7, 11) is -3.39. The molecule has 3 heterocycles. The first-order valence-corrected chi connectivity index (χ1v) is 14.0. The van der Waals surface area contributed by atoms with Gasteiger partial charge in [-0.05, 0) is 73.0 Å². The van der Waals surface area contributed by atoms with E-state index in [4.69, 9.17) is 10.2 Å². The molecule has 3 N–H and O–H groups in total. The molecule has 0 atom stereocenters. The molecule has 6 rings (SSSR count). The van der Waals surface area contributed by atoms with E-state index >= 15 is 0 Å². The number of pyridine rings is 1. The van der Waals surface area contributed by atoms with Gasteiger partial charge in [0.2, 0.25) is 0 Å². The molecule has 0 fully saturated rings. The zero-order valence-electron chi connectivity index (χ0n) is 21.1. The zero-order valence-corrected chi connectivity index (χ0v) is 21.9. The molecule has 0 aliphatic heterocycles. The first-order chi connectivity index (χ1) is 18.1. The number of sulfone groups is 1. The molecule has 190 valence electrons. The van der Waals surface area contributed by atoms with Crippen molar-refractivity contribution in [1.29, 1.82) is 0 Å². The number of benzene rings is 4. The number of furan rings is 2. The molecule has 6 aromatic rings. The van der Waals surface area contributed by atoms with Crippen molar-refractivity contribution in [3.63, 3.8) is 0 Å². The molecule has 8 heteroatoms. The lowest BCUT2D eigenvalue weighted by Crippen LogP contribution is -2.24. The highest BCUT2D eigenvalue weighted by Crippen LogP contribution is 2.42. The maximum Gasteiger partial charge on any atom is 0.251 e. The number of carbonyl (C=O) groups excluding carboxylic acids is 1. The number of aromatic nitrogens is 1. The Morgan fingerprint density at radius 1 is 0.921 bits per heavy atom. The first kappa shape index (κ1) is 23.9. The Balaban J connectivity index is 1.36. The van der Waals surface area contributed by atoms with Crippen LogP contribution in [-0.2, 0) is 16.4 Å². The number of fused-ring (bicyclic) bond motifs is 8. The summed E-state index contributed by atoms with van der Waals surface area (Å²) in [5, 5.41) is 6.59. The first-order valence-electron chi connectivity index (χ1n) is 12.1. The fourth-order valence-electron chi connectivity index (χ4n) is 5.24. The van der Waals surface area contributed by atoms with Gasteiger partial charge >= 0.3 is 0 Å². The fraction of sp³-hybridized carbons (Fsp3) is 0.133. The molecule has 0 unspecified atom stereocenters. The van der Waals surface area contributed by atoms with Gasteiger partial charge in [-0.3, -0.25) is 4.79 Å². The summed E-state index contributed by atoms with van der Waals surface area (Å²) < 4.78 is 30.8. The largest absolute Gasteiger partial charge is 0.455 e. The average molecular weight is 524 g/mol. The number of nitrogens with one attached hydrogen (secondary N) is 1. The van der Waals surface area contributed by atoms with E-state index in [1.165, 1.54) is 6.26 Å². The van der Waals surface area contributed by atoms with Crippen LogP contribution in [0.4, 0.5) is 5.82 Å². The van der Waals surface area contributed by atoms with E-state index in [1.807, 2.05) is 56.3 Å². The van der Waals surface area contributed by atoms with E-state index in [0.29, 0.717) is 29.1 Å². The summed E-state index contributed by atoms with van der Waals surface area (Å²) in [6, 6.07) is 20.1. The van der Waals surface area contributed by atoms with Gasteiger partial charge in [0.05, 0.1) is 4.90 Å². The second kappa shape index (κ2) is 8.56. The summed E-state index contributed by atoms with van der Waals surface area (Å²) in [5.74, 6) is 0.273. The van der Waals surface area contributed by atoms with Gasteiger partial charge in [0.15, 0.2) is 9.84 Å². The van der Waals surface area contributed by atoms with Crippen molar-refractivity contribution in [2.45, 2.75) is 25.3 Å². The Morgan fingerprint density at radius 3 is 2.32 bits per heavy atom. The number of rotatable bonds is 5. The van der Waals surface area contributed by atoms with Gasteiger partial charge in [-0.25, -0.2) is 13.4 Å². The predicted molar refractivity (Wildman–Crippen MR) is 150 cm³/mol. The predicted octanol–water partition coefficient (Wildman–Crippen LogP) is 5.77. The number of hydrogen-bond donors (Lipinski definition) is 2. The molecule has 3 aromatic heterocycles. The average Bonchev–Trinajstić information content (AvgIpc) is 3.44. The van der Waals surface area contributed by atoms with Crippen LogP contribution in [0.1, 0.15) is 27.2 Å². The second-order valence-electron chi connectivity index (χ2n) is 9.66. The quantitative estimate of drug-likeness (QED) is 0.277. The highest BCUT2D eigenvalue weighted by atomic mass is 32.2. The topological polar surface area (TPSA) is 115 Å². The minimum atomic E-state index is -3.39. The Bertz CT molecular complexity index is 1980. The van der Waals surface area contributed by atoms with Crippen LogP contribution in [0.2, 0.25) is 0 Å².